The fraction of sp³-hybridized carbons (Fsp3) is 0.200. The number of hydrogen-bond acceptors (Lipinski definition) is 2. The molecule has 94 valence electrons. The Morgan fingerprint density at radius 3 is 2.67 bits per heavy atom. The van der Waals surface area contributed by atoms with Gasteiger partial charge in [-0.1, -0.05) is 41.9 Å². The van der Waals surface area contributed by atoms with Gasteiger partial charge in [0.15, 0.2) is 0 Å². The van der Waals surface area contributed by atoms with E-state index in [9.17, 15) is 5.11 Å². The van der Waals surface area contributed by atoms with Crippen LogP contribution in [0.5, 0.6) is 5.75 Å². The number of halogens is 1. The Kier molecular flexibility index (Phi) is 4.24. The molecule has 2 aromatic carbocycles. The van der Waals surface area contributed by atoms with Crippen LogP contribution in [0.25, 0.3) is 0 Å². The van der Waals surface area contributed by atoms with Crippen LogP contribution in [0.1, 0.15) is 24.2 Å². The third-order valence-electron chi connectivity index (χ3n) is 2.68. The Hall–Kier alpha value is -1.51. The zero-order valence-electron chi connectivity index (χ0n) is 10.1. The molecule has 0 bridgehead atoms. The summed E-state index contributed by atoms with van der Waals surface area (Å²) in [7, 11) is 0. The summed E-state index contributed by atoms with van der Waals surface area (Å²) >= 11 is 5.93. The largest absolute Gasteiger partial charge is 0.493 e. The lowest BCUT2D eigenvalue weighted by atomic mass is 10.0. The number of ether oxygens (including phenoxy) is 1. The molecule has 0 saturated carbocycles. The highest BCUT2D eigenvalue weighted by Gasteiger charge is 2.15. The first-order valence-electron chi connectivity index (χ1n) is 5.87. The van der Waals surface area contributed by atoms with Gasteiger partial charge >= 0.3 is 0 Å². The number of rotatable bonds is 4. The van der Waals surface area contributed by atoms with E-state index in [4.69, 9.17) is 16.3 Å². The van der Waals surface area contributed by atoms with Crippen molar-refractivity contribution in [3.63, 3.8) is 0 Å². The highest BCUT2D eigenvalue weighted by atomic mass is 35.5. The van der Waals surface area contributed by atoms with Crippen molar-refractivity contribution >= 4 is 11.6 Å². The van der Waals surface area contributed by atoms with Crippen molar-refractivity contribution in [1.82, 2.24) is 0 Å². The molecule has 0 radical (unpaired) electrons. The predicted octanol–water partition coefficient (Wildman–Crippen LogP) is 3.82. The van der Waals surface area contributed by atoms with Crippen molar-refractivity contribution in [2.45, 2.75) is 13.0 Å². The molecular weight excluding hydrogens is 248 g/mol. The van der Waals surface area contributed by atoms with Gasteiger partial charge in [-0.2, -0.15) is 0 Å². The van der Waals surface area contributed by atoms with E-state index < -0.39 is 6.10 Å². The second-order valence-corrected chi connectivity index (χ2v) is 4.36. The summed E-state index contributed by atoms with van der Waals surface area (Å²) in [5.41, 5.74) is 1.51. The Morgan fingerprint density at radius 2 is 1.94 bits per heavy atom. The Bertz CT molecular complexity index is 525. The maximum Gasteiger partial charge on any atom is 0.125 e. The molecule has 1 unspecified atom stereocenters. The first-order chi connectivity index (χ1) is 8.72. The summed E-state index contributed by atoms with van der Waals surface area (Å²) in [5, 5.41) is 11.0. The van der Waals surface area contributed by atoms with E-state index in [1.165, 1.54) is 0 Å². The molecule has 0 aliphatic heterocycles. The van der Waals surface area contributed by atoms with Gasteiger partial charge in [0.1, 0.15) is 11.9 Å². The topological polar surface area (TPSA) is 29.5 Å². The molecular formula is C15H15ClO2. The molecule has 0 spiro atoms. The lowest BCUT2D eigenvalue weighted by Gasteiger charge is -2.16. The quantitative estimate of drug-likeness (QED) is 0.908. The fourth-order valence-electron chi connectivity index (χ4n) is 1.85. The number of para-hydroxylation sites is 1. The standard InChI is InChI=1S/C15H15ClO2/c1-2-18-14-9-4-3-8-13(14)15(17)11-6-5-7-12(16)10-11/h3-10,15,17H,2H2,1H3. The van der Waals surface area contributed by atoms with E-state index in [0.29, 0.717) is 17.4 Å². The SMILES string of the molecule is CCOc1ccccc1C(O)c1cccc(Cl)c1. The molecule has 1 atom stereocenters. The normalized spacial score (nSPS) is 12.2. The second kappa shape index (κ2) is 5.89. The molecule has 0 aliphatic rings. The van der Waals surface area contributed by atoms with Crippen LogP contribution < -0.4 is 4.74 Å². The summed E-state index contributed by atoms with van der Waals surface area (Å²) in [6.07, 6.45) is -0.730. The number of hydrogen-bond donors (Lipinski definition) is 1. The van der Waals surface area contributed by atoms with Crippen molar-refractivity contribution in [1.29, 1.82) is 0 Å². The van der Waals surface area contributed by atoms with Gasteiger partial charge in [-0.3, -0.25) is 0 Å². The molecule has 0 fully saturated rings. The van der Waals surface area contributed by atoms with Crippen LogP contribution in [0.2, 0.25) is 5.02 Å². The zero-order valence-corrected chi connectivity index (χ0v) is 10.9. The maximum atomic E-state index is 10.4. The van der Waals surface area contributed by atoms with Gasteiger partial charge in [-0.25, -0.2) is 0 Å². The van der Waals surface area contributed by atoms with E-state index in [1.807, 2.05) is 43.3 Å². The average molecular weight is 263 g/mol. The van der Waals surface area contributed by atoms with Gasteiger partial charge in [-0.05, 0) is 30.7 Å². The average Bonchev–Trinajstić information content (AvgIpc) is 2.39. The van der Waals surface area contributed by atoms with Crippen LogP contribution in [-0.4, -0.2) is 11.7 Å². The first kappa shape index (κ1) is 12.9. The lowest BCUT2D eigenvalue weighted by molar-refractivity contribution is 0.212. The van der Waals surface area contributed by atoms with E-state index in [2.05, 4.69) is 0 Å². The summed E-state index contributed by atoms with van der Waals surface area (Å²) in [6, 6.07) is 14.7. The van der Waals surface area contributed by atoms with Gasteiger partial charge in [0.2, 0.25) is 0 Å². The van der Waals surface area contributed by atoms with Crippen molar-refractivity contribution in [3.8, 4) is 5.75 Å². The third-order valence-corrected chi connectivity index (χ3v) is 2.91. The number of benzene rings is 2. The molecule has 2 rings (SSSR count). The van der Waals surface area contributed by atoms with E-state index >= 15 is 0 Å². The van der Waals surface area contributed by atoms with Gasteiger partial charge < -0.3 is 9.84 Å². The zero-order chi connectivity index (χ0) is 13.0. The molecule has 1 N–H and O–H groups in total. The van der Waals surface area contributed by atoms with E-state index in [-0.39, 0.29) is 0 Å². The lowest BCUT2D eigenvalue weighted by Crippen LogP contribution is -2.03. The highest BCUT2D eigenvalue weighted by molar-refractivity contribution is 6.30. The van der Waals surface area contributed by atoms with Crippen molar-refractivity contribution in [2.75, 3.05) is 6.61 Å². The molecule has 0 aliphatic carbocycles. The summed E-state index contributed by atoms with van der Waals surface area (Å²) < 4.78 is 5.52. The van der Waals surface area contributed by atoms with Gasteiger partial charge in [0, 0.05) is 10.6 Å². The van der Waals surface area contributed by atoms with Crippen LogP contribution >= 0.6 is 11.6 Å². The minimum absolute atomic E-state index is 0.569. The third kappa shape index (κ3) is 2.84. The van der Waals surface area contributed by atoms with E-state index in [1.54, 1.807) is 12.1 Å². The molecule has 2 aromatic rings. The summed E-state index contributed by atoms with van der Waals surface area (Å²) in [4.78, 5) is 0. The predicted molar refractivity (Wildman–Crippen MR) is 73.1 cm³/mol. The van der Waals surface area contributed by atoms with E-state index in [0.717, 1.165) is 11.1 Å². The molecule has 0 amide bonds. The number of aliphatic hydroxyl groups is 1. The van der Waals surface area contributed by atoms with Crippen molar-refractivity contribution in [2.24, 2.45) is 0 Å². The minimum Gasteiger partial charge on any atom is -0.493 e. The Labute approximate surface area is 112 Å². The van der Waals surface area contributed by atoms with Crippen LogP contribution in [0.3, 0.4) is 0 Å². The molecule has 18 heavy (non-hydrogen) atoms. The summed E-state index contributed by atoms with van der Waals surface area (Å²) in [5.74, 6) is 0.701. The molecule has 0 saturated heterocycles. The molecule has 0 aromatic heterocycles. The maximum absolute atomic E-state index is 10.4. The molecule has 2 nitrogen and oxygen atoms in total. The molecule has 0 heterocycles. The molecule has 3 heteroatoms. The van der Waals surface area contributed by atoms with Crippen LogP contribution in [0.15, 0.2) is 48.5 Å². The first-order valence-corrected chi connectivity index (χ1v) is 6.25. The second-order valence-electron chi connectivity index (χ2n) is 3.93. The van der Waals surface area contributed by atoms with Gasteiger partial charge in [0.25, 0.3) is 0 Å². The fourth-order valence-corrected chi connectivity index (χ4v) is 2.05. The van der Waals surface area contributed by atoms with Gasteiger partial charge in [0.05, 0.1) is 6.61 Å². The smallest absolute Gasteiger partial charge is 0.125 e. The number of aliphatic hydroxyl groups excluding tert-OH is 1. The summed E-state index contributed by atoms with van der Waals surface area (Å²) in [6.45, 7) is 2.49. The minimum atomic E-state index is -0.730. The van der Waals surface area contributed by atoms with Gasteiger partial charge in [-0.15, -0.1) is 0 Å². The highest BCUT2D eigenvalue weighted by Crippen LogP contribution is 2.30. The van der Waals surface area contributed by atoms with Crippen molar-refractivity contribution < 1.29 is 9.84 Å². The monoisotopic (exact) mass is 262 g/mol. The van der Waals surface area contributed by atoms with Crippen LogP contribution in [0, 0.1) is 0 Å². The van der Waals surface area contributed by atoms with Crippen molar-refractivity contribution in [3.05, 3.63) is 64.7 Å². The van der Waals surface area contributed by atoms with Crippen LogP contribution in [-0.2, 0) is 0 Å². The van der Waals surface area contributed by atoms with Crippen LogP contribution in [0.4, 0.5) is 0 Å². The Morgan fingerprint density at radius 1 is 1.17 bits per heavy atom. The Balaban J connectivity index is 2.36.